The van der Waals surface area contributed by atoms with Crippen molar-refractivity contribution in [2.45, 2.75) is 6.61 Å². The molecule has 0 fully saturated rings. The van der Waals surface area contributed by atoms with E-state index in [2.05, 4.69) is 0 Å². The molecule has 0 spiro atoms. The first-order valence-electron chi connectivity index (χ1n) is 6.22. The SMILES string of the molecule is COc1ccc(COC(=O)c2cc(C=O)ccc2O)cc1. The number of benzene rings is 2. The van der Waals surface area contributed by atoms with Crippen LogP contribution in [0.25, 0.3) is 0 Å². The maximum absolute atomic E-state index is 11.9. The molecule has 1 N–H and O–H groups in total. The van der Waals surface area contributed by atoms with E-state index in [0.29, 0.717) is 17.6 Å². The summed E-state index contributed by atoms with van der Waals surface area (Å²) in [5.74, 6) is -0.200. The van der Waals surface area contributed by atoms with Gasteiger partial charge in [0, 0.05) is 5.56 Å². The molecule has 2 aromatic rings. The lowest BCUT2D eigenvalue weighted by Crippen LogP contribution is -2.06. The lowest BCUT2D eigenvalue weighted by atomic mass is 10.1. The predicted molar refractivity (Wildman–Crippen MR) is 75.6 cm³/mol. The number of hydrogen-bond acceptors (Lipinski definition) is 5. The van der Waals surface area contributed by atoms with E-state index in [0.717, 1.165) is 5.56 Å². The van der Waals surface area contributed by atoms with Crippen LogP contribution in [0.15, 0.2) is 42.5 Å². The van der Waals surface area contributed by atoms with Crippen LogP contribution in [0.1, 0.15) is 26.3 Å². The zero-order valence-electron chi connectivity index (χ0n) is 11.4. The summed E-state index contributed by atoms with van der Waals surface area (Å²) in [5.41, 5.74) is 1.05. The molecule has 0 amide bonds. The molecule has 0 saturated heterocycles. The van der Waals surface area contributed by atoms with E-state index in [-0.39, 0.29) is 17.9 Å². The zero-order chi connectivity index (χ0) is 15.2. The summed E-state index contributed by atoms with van der Waals surface area (Å²) >= 11 is 0. The third kappa shape index (κ3) is 3.60. The van der Waals surface area contributed by atoms with E-state index < -0.39 is 5.97 Å². The Hall–Kier alpha value is -2.82. The minimum atomic E-state index is -0.688. The van der Waals surface area contributed by atoms with Crippen molar-refractivity contribution in [1.29, 1.82) is 0 Å². The number of carbonyl (C=O) groups excluding carboxylic acids is 2. The fourth-order valence-electron chi connectivity index (χ4n) is 1.74. The van der Waals surface area contributed by atoms with Gasteiger partial charge < -0.3 is 14.6 Å². The Kier molecular flexibility index (Phi) is 4.56. The molecule has 5 nitrogen and oxygen atoms in total. The monoisotopic (exact) mass is 286 g/mol. The fourth-order valence-corrected chi connectivity index (χ4v) is 1.74. The van der Waals surface area contributed by atoms with Crippen LogP contribution in [0, 0.1) is 0 Å². The molecule has 0 saturated carbocycles. The van der Waals surface area contributed by atoms with Gasteiger partial charge in [-0.05, 0) is 35.9 Å². The van der Waals surface area contributed by atoms with Crippen LogP contribution in [-0.2, 0) is 11.3 Å². The van der Waals surface area contributed by atoms with Crippen molar-refractivity contribution < 1.29 is 24.2 Å². The molecule has 2 aromatic carbocycles. The summed E-state index contributed by atoms with van der Waals surface area (Å²) in [4.78, 5) is 22.6. The molecule has 2 rings (SSSR count). The van der Waals surface area contributed by atoms with Gasteiger partial charge in [-0.15, -0.1) is 0 Å². The van der Waals surface area contributed by atoms with E-state index in [1.165, 1.54) is 18.2 Å². The first-order valence-corrected chi connectivity index (χ1v) is 6.22. The summed E-state index contributed by atoms with van der Waals surface area (Å²) in [6.45, 7) is 0.0631. The van der Waals surface area contributed by atoms with Crippen molar-refractivity contribution in [3.8, 4) is 11.5 Å². The van der Waals surface area contributed by atoms with Crippen molar-refractivity contribution >= 4 is 12.3 Å². The van der Waals surface area contributed by atoms with Gasteiger partial charge in [0.1, 0.15) is 30.0 Å². The number of aldehydes is 1. The summed E-state index contributed by atoms with van der Waals surface area (Å²) < 4.78 is 10.1. The van der Waals surface area contributed by atoms with E-state index in [4.69, 9.17) is 9.47 Å². The lowest BCUT2D eigenvalue weighted by molar-refractivity contribution is 0.0469. The molecule has 0 unspecified atom stereocenters. The molecule has 0 heterocycles. The maximum atomic E-state index is 11.9. The second kappa shape index (κ2) is 6.56. The highest BCUT2D eigenvalue weighted by molar-refractivity contribution is 5.94. The van der Waals surface area contributed by atoms with Gasteiger partial charge in [0.25, 0.3) is 0 Å². The highest BCUT2D eigenvalue weighted by Gasteiger charge is 2.13. The number of aromatic hydroxyl groups is 1. The average molecular weight is 286 g/mol. The molecule has 0 radical (unpaired) electrons. The molecule has 21 heavy (non-hydrogen) atoms. The normalized spacial score (nSPS) is 9.95. The fraction of sp³-hybridized carbons (Fsp3) is 0.125. The number of carbonyl (C=O) groups is 2. The van der Waals surface area contributed by atoms with Crippen LogP contribution in [-0.4, -0.2) is 24.5 Å². The molecular formula is C16H14O5. The minimum Gasteiger partial charge on any atom is -0.507 e. The zero-order valence-corrected chi connectivity index (χ0v) is 11.4. The average Bonchev–Trinajstić information content (AvgIpc) is 2.53. The maximum Gasteiger partial charge on any atom is 0.342 e. The molecule has 0 aliphatic rings. The molecule has 108 valence electrons. The first-order chi connectivity index (χ1) is 10.1. The van der Waals surface area contributed by atoms with E-state index >= 15 is 0 Å². The molecule has 0 bridgehead atoms. The second-order valence-electron chi connectivity index (χ2n) is 4.32. The highest BCUT2D eigenvalue weighted by Crippen LogP contribution is 2.20. The van der Waals surface area contributed by atoms with Gasteiger partial charge in [-0.1, -0.05) is 12.1 Å². The van der Waals surface area contributed by atoms with Gasteiger partial charge in [-0.2, -0.15) is 0 Å². The molecule has 0 aliphatic carbocycles. The number of phenols is 1. The summed E-state index contributed by atoms with van der Waals surface area (Å²) in [7, 11) is 1.57. The van der Waals surface area contributed by atoms with Crippen LogP contribution in [0.2, 0.25) is 0 Å². The third-order valence-corrected chi connectivity index (χ3v) is 2.91. The van der Waals surface area contributed by atoms with E-state index in [9.17, 15) is 14.7 Å². The Balaban J connectivity index is 2.05. The minimum absolute atomic E-state index is 0.0342. The Morgan fingerprint density at radius 1 is 1.19 bits per heavy atom. The van der Waals surface area contributed by atoms with Crippen molar-refractivity contribution in [2.24, 2.45) is 0 Å². The lowest BCUT2D eigenvalue weighted by Gasteiger charge is -2.07. The number of methoxy groups -OCH3 is 1. The van der Waals surface area contributed by atoms with Gasteiger partial charge in [-0.25, -0.2) is 4.79 Å². The van der Waals surface area contributed by atoms with Crippen molar-refractivity contribution in [3.05, 3.63) is 59.2 Å². The third-order valence-electron chi connectivity index (χ3n) is 2.91. The molecular weight excluding hydrogens is 272 g/mol. The quantitative estimate of drug-likeness (QED) is 0.675. The molecule has 5 heteroatoms. The Labute approximate surface area is 121 Å². The number of rotatable bonds is 5. The van der Waals surface area contributed by atoms with Crippen LogP contribution < -0.4 is 4.74 Å². The van der Waals surface area contributed by atoms with Crippen LogP contribution in [0.4, 0.5) is 0 Å². The Morgan fingerprint density at radius 3 is 2.52 bits per heavy atom. The van der Waals surface area contributed by atoms with Gasteiger partial charge in [0.15, 0.2) is 0 Å². The van der Waals surface area contributed by atoms with Crippen LogP contribution in [0.3, 0.4) is 0 Å². The summed E-state index contributed by atoms with van der Waals surface area (Å²) in [6.07, 6.45) is 0.597. The number of hydrogen-bond donors (Lipinski definition) is 1. The predicted octanol–water partition coefficient (Wildman–Crippen LogP) is 2.57. The number of esters is 1. The van der Waals surface area contributed by atoms with Crippen LogP contribution in [0.5, 0.6) is 11.5 Å². The summed E-state index contributed by atoms with van der Waals surface area (Å²) in [5, 5.41) is 9.63. The van der Waals surface area contributed by atoms with E-state index in [1.807, 2.05) is 0 Å². The van der Waals surface area contributed by atoms with Crippen molar-refractivity contribution in [1.82, 2.24) is 0 Å². The standard InChI is InChI=1S/C16H14O5/c1-20-13-5-2-11(3-6-13)10-21-16(19)14-8-12(9-17)4-7-15(14)18/h2-9,18H,10H2,1H3. The first kappa shape index (κ1) is 14.6. The smallest absolute Gasteiger partial charge is 0.342 e. The van der Waals surface area contributed by atoms with Gasteiger partial charge in [0.2, 0.25) is 0 Å². The molecule has 0 atom stereocenters. The van der Waals surface area contributed by atoms with Crippen LogP contribution >= 0.6 is 0 Å². The Morgan fingerprint density at radius 2 is 1.90 bits per heavy atom. The number of ether oxygens (including phenoxy) is 2. The van der Waals surface area contributed by atoms with Gasteiger partial charge in [0.05, 0.1) is 7.11 Å². The largest absolute Gasteiger partial charge is 0.507 e. The summed E-state index contributed by atoms with van der Waals surface area (Å²) in [6, 6.07) is 11.1. The molecule has 0 aromatic heterocycles. The number of phenolic OH excluding ortho intramolecular Hbond substituents is 1. The highest BCUT2D eigenvalue weighted by atomic mass is 16.5. The van der Waals surface area contributed by atoms with Crippen molar-refractivity contribution in [3.63, 3.8) is 0 Å². The Bertz CT molecular complexity index is 646. The van der Waals surface area contributed by atoms with Gasteiger partial charge >= 0.3 is 5.97 Å². The topological polar surface area (TPSA) is 72.8 Å². The van der Waals surface area contributed by atoms with Crippen molar-refractivity contribution in [2.75, 3.05) is 7.11 Å². The van der Waals surface area contributed by atoms with Gasteiger partial charge in [-0.3, -0.25) is 4.79 Å². The van der Waals surface area contributed by atoms with E-state index in [1.54, 1.807) is 31.4 Å². The molecule has 0 aliphatic heterocycles. The second-order valence-corrected chi connectivity index (χ2v) is 4.32.